The Morgan fingerprint density at radius 3 is 2.38 bits per heavy atom. The molecule has 0 unspecified atom stereocenters. The third-order valence-corrected chi connectivity index (χ3v) is 6.37. The van der Waals surface area contributed by atoms with Crippen LogP contribution in [0.2, 0.25) is 5.02 Å². The van der Waals surface area contributed by atoms with Crippen LogP contribution in [0.1, 0.15) is 15.2 Å². The van der Waals surface area contributed by atoms with Gasteiger partial charge in [0.25, 0.3) is 10.0 Å². The summed E-state index contributed by atoms with van der Waals surface area (Å²) in [5, 5.41) is 9.43. The highest BCUT2D eigenvalue weighted by atomic mass is 35.5. The molecule has 0 fully saturated rings. The monoisotopic (exact) mass is 345 g/mol. The van der Waals surface area contributed by atoms with E-state index < -0.39 is 16.0 Å². The van der Waals surface area contributed by atoms with Crippen molar-refractivity contribution in [2.45, 2.75) is 10.8 Å². The molecule has 21 heavy (non-hydrogen) atoms. The standard InChI is InChI=1S/C13H12ClNO4S2/c1-15(8-9-2-4-10(14)5-3-9)21(18,19)12-7-6-11(20-12)13(16)17/h2-7H,8H2,1H3,(H,16,17). The molecular formula is C13H12ClNO4S2. The van der Waals surface area contributed by atoms with E-state index in [2.05, 4.69) is 0 Å². The molecule has 0 atom stereocenters. The van der Waals surface area contributed by atoms with E-state index in [4.69, 9.17) is 16.7 Å². The van der Waals surface area contributed by atoms with Crippen molar-refractivity contribution in [3.05, 3.63) is 51.9 Å². The summed E-state index contributed by atoms with van der Waals surface area (Å²) in [5.74, 6) is -1.14. The Labute approximate surface area is 131 Å². The minimum Gasteiger partial charge on any atom is -0.477 e. The Balaban J connectivity index is 2.21. The Kier molecular flexibility index (Phi) is 4.67. The summed E-state index contributed by atoms with van der Waals surface area (Å²) < 4.78 is 25.9. The summed E-state index contributed by atoms with van der Waals surface area (Å²) in [6.45, 7) is 0.180. The zero-order valence-electron chi connectivity index (χ0n) is 11.0. The third-order valence-electron chi connectivity index (χ3n) is 2.78. The van der Waals surface area contributed by atoms with Gasteiger partial charge in [-0.15, -0.1) is 11.3 Å². The maximum Gasteiger partial charge on any atom is 0.345 e. The third kappa shape index (κ3) is 3.62. The summed E-state index contributed by atoms with van der Waals surface area (Å²) in [4.78, 5) is 10.8. The molecule has 0 bridgehead atoms. The predicted octanol–water partition coefficient (Wildman–Crippen LogP) is 2.92. The molecule has 1 aromatic heterocycles. The molecule has 112 valence electrons. The van der Waals surface area contributed by atoms with Crippen LogP contribution in [0.4, 0.5) is 0 Å². The second-order valence-electron chi connectivity index (χ2n) is 4.31. The van der Waals surface area contributed by atoms with E-state index in [1.54, 1.807) is 24.3 Å². The fourth-order valence-corrected chi connectivity index (χ4v) is 4.30. The fraction of sp³-hybridized carbons (Fsp3) is 0.154. The van der Waals surface area contributed by atoms with Crippen molar-refractivity contribution < 1.29 is 18.3 Å². The molecule has 5 nitrogen and oxygen atoms in total. The number of nitrogens with zero attached hydrogens (tertiary/aromatic N) is 1. The quantitative estimate of drug-likeness (QED) is 0.904. The highest BCUT2D eigenvalue weighted by molar-refractivity contribution is 7.91. The first-order valence-corrected chi connectivity index (χ1v) is 8.48. The molecule has 2 aromatic rings. The first-order chi connectivity index (χ1) is 9.80. The van der Waals surface area contributed by atoms with Crippen LogP contribution in [0.15, 0.2) is 40.6 Å². The van der Waals surface area contributed by atoms with Gasteiger partial charge in [-0.3, -0.25) is 0 Å². The number of carboxylic acid groups (broad SMARTS) is 1. The second kappa shape index (κ2) is 6.15. The number of aromatic carboxylic acids is 1. The van der Waals surface area contributed by atoms with Gasteiger partial charge < -0.3 is 5.11 Å². The van der Waals surface area contributed by atoms with Crippen LogP contribution in [0.25, 0.3) is 0 Å². The average molecular weight is 346 g/mol. The SMILES string of the molecule is CN(Cc1ccc(Cl)cc1)S(=O)(=O)c1ccc(C(=O)O)s1. The van der Waals surface area contributed by atoms with Crippen LogP contribution in [-0.2, 0) is 16.6 Å². The first kappa shape index (κ1) is 16.0. The summed E-state index contributed by atoms with van der Waals surface area (Å²) in [5.41, 5.74) is 0.792. The predicted molar refractivity (Wildman–Crippen MR) is 81.4 cm³/mol. The number of carbonyl (C=O) groups is 1. The Bertz CT molecular complexity index is 753. The Hall–Kier alpha value is -1.41. The van der Waals surface area contributed by atoms with Gasteiger partial charge in [0, 0.05) is 18.6 Å². The maximum absolute atomic E-state index is 12.4. The van der Waals surface area contributed by atoms with E-state index in [0.29, 0.717) is 5.02 Å². The van der Waals surface area contributed by atoms with Crippen molar-refractivity contribution in [3.8, 4) is 0 Å². The number of rotatable bonds is 5. The number of carboxylic acids is 1. The highest BCUT2D eigenvalue weighted by Gasteiger charge is 2.24. The van der Waals surface area contributed by atoms with E-state index in [-0.39, 0.29) is 15.6 Å². The number of benzene rings is 1. The Morgan fingerprint density at radius 1 is 1.24 bits per heavy atom. The van der Waals surface area contributed by atoms with Crippen LogP contribution in [-0.4, -0.2) is 30.8 Å². The molecule has 0 spiro atoms. The Morgan fingerprint density at radius 2 is 1.86 bits per heavy atom. The molecule has 0 aliphatic rings. The van der Waals surface area contributed by atoms with Crippen molar-refractivity contribution in [2.75, 3.05) is 7.05 Å². The molecule has 0 saturated heterocycles. The highest BCUT2D eigenvalue weighted by Crippen LogP contribution is 2.25. The van der Waals surface area contributed by atoms with Gasteiger partial charge in [-0.05, 0) is 29.8 Å². The lowest BCUT2D eigenvalue weighted by Gasteiger charge is -2.16. The van der Waals surface area contributed by atoms with Gasteiger partial charge in [0.05, 0.1) is 0 Å². The normalized spacial score (nSPS) is 11.8. The topological polar surface area (TPSA) is 74.7 Å². The molecule has 1 aromatic carbocycles. The lowest BCUT2D eigenvalue weighted by molar-refractivity contribution is 0.0702. The van der Waals surface area contributed by atoms with E-state index in [9.17, 15) is 13.2 Å². The smallest absolute Gasteiger partial charge is 0.345 e. The van der Waals surface area contributed by atoms with E-state index >= 15 is 0 Å². The minimum atomic E-state index is -3.70. The zero-order valence-corrected chi connectivity index (χ0v) is 13.4. The maximum atomic E-state index is 12.4. The molecule has 0 radical (unpaired) electrons. The minimum absolute atomic E-state index is 0.00605. The van der Waals surface area contributed by atoms with Crippen LogP contribution in [0, 0.1) is 0 Å². The molecule has 2 rings (SSSR count). The van der Waals surface area contributed by atoms with E-state index in [1.165, 1.54) is 23.5 Å². The lowest BCUT2D eigenvalue weighted by atomic mass is 10.2. The van der Waals surface area contributed by atoms with Crippen molar-refractivity contribution in [1.82, 2.24) is 4.31 Å². The number of hydrogen-bond acceptors (Lipinski definition) is 4. The van der Waals surface area contributed by atoms with Gasteiger partial charge in [-0.25, -0.2) is 13.2 Å². The lowest BCUT2D eigenvalue weighted by Crippen LogP contribution is -2.25. The second-order valence-corrected chi connectivity index (χ2v) is 8.10. The molecule has 1 heterocycles. The molecule has 0 saturated carbocycles. The van der Waals surface area contributed by atoms with Gasteiger partial charge >= 0.3 is 5.97 Å². The summed E-state index contributed by atoms with van der Waals surface area (Å²) in [7, 11) is -2.26. The molecule has 1 N–H and O–H groups in total. The van der Waals surface area contributed by atoms with Crippen molar-refractivity contribution >= 4 is 38.9 Å². The molecule has 0 aliphatic carbocycles. The number of sulfonamides is 1. The van der Waals surface area contributed by atoms with Gasteiger partial charge in [-0.1, -0.05) is 23.7 Å². The number of halogens is 1. The molecule has 8 heteroatoms. The van der Waals surface area contributed by atoms with Crippen molar-refractivity contribution in [2.24, 2.45) is 0 Å². The van der Waals surface area contributed by atoms with Crippen LogP contribution < -0.4 is 0 Å². The van der Waals surface area contributed by atoms with Crippen LogP contribution in [0.5, 0.6) is 0 Å². The number of hydrogen-bond donors (Lipinski definition) is 1. The number of thiophene rings is 1. The summed E-state index contributed by atoms with van der Waals surface area (Å²) in [6.07, 6.45) is 0. The van der Waals surface area contributed by atoms with Crippen molar-refractivity contribution in [3.63, 3.8) is 0 Å². The molecule has 0 aliphatic heterocycles. The average Bonchev–Trinajstić information content (AvgIpc) is 2.91. The van der Waals surface area contributed by atoms with Crippen LogP contribution >= 0.6 is 22.9 Å². The van der Waals surface area contributed by atoms with Gasteiger partial charge in [0.1, 0.15) is 9.09 Å². The van der Waals surface area contributed by atoms with Crippen molar-refractivity contribution in [1.29, 1.82) is 0 Å². The van der Waals surface area contributed by atoms with E-state index in [1.807, 2.05) is 0 Å². The molecular weight excluding hydrogens is 334 g/mol. The summed E-state index contributed by atoms with van der Waals surface area (Å²) >= 11 is 6.52. The van der Waals surface area contributed by atoms with Gasteiger partial charge in [0.15, 0.2) is 0 Å². The first-order valence-electron chi connectivity index (χ1n) is 5.84. The van der Waals surface area contributed by atoms with Crippen LogP contribution in [0.3, 0.4) is 0 Å². The fourth-order valence-electron chi connectivity index (χ4n) is 1.66. The largest absolute Gasteiger partial charge is 0.477 e. The van der Waals surface area contributed by atoms with Gasteiger partial charge in [0.2, 0.25) is 0 Å². The molecule has 0 amide bonds. The van der Waals surface area contributed by atoms with Gasteiger partial charge in [-0.2, -0.15) is 4.31 Å². The summed E-state index contributed by atoms with van der Waals surface area (Å²) in [6, 6.07) is 9.45. The zero-order chi connectivity index (χ0) is 15.6. The van der Waals surface area contributed by atoms with E-state index in [0.717, 1.165) is 16.9 Å².